The Bertz CT molecular complexity index is 927. The molecule has 0 heterocycles. The topological polar surface area (TPSA) is 58.6 Å². The summed E-state index contributed by atoms with van der Waals surface area (Å²) in [6, 6.07) is 10.9. The number of carbonyl (C=O) groups excluding carboxylic acids is 2. The highest BCUT2D eigenvalue weighted by atomic mass is 35.5. The fourth-order valence-electron chi connectivity index (χ4n) is 3.28. The van der Waals surface area contributed by atoms with Gasteiger partial charge < -0.3 is 15.0 Å². The number of hydrogen-bond acceptors (Lipinski definition) is 3. The van der Waals surface area contributed by atoms with Crippen molar-refractivity contribution >= 4 is 23.4 Å². The van der Waals surface area contributed by atoms with Crippen molar-refractivity contribution in [3.05, 3.63) is 63.7 Å². The Morgan fingerprint density at radius 2 is 1.71 bits per heavy atom. The molecule has 0 aliphatic carbocycles. The van der Waals surface area contributed by atoms with E-state index in [0.717, 1.165) is 22.3 Å². The second kappa shape index (κ2) is 10.2. The quantitative estimate of drug-likeness (QED) is 0.655. The van der Waals surface area contributed by atoms with Gasteiger partial charge in [0.05, 0.1) is 0 Å². The van der Waals surface area contributed by atoms with E-state index in [-0.39, 0.29) is 18.4 Å². The lowest BCUT2D eigenvalue weighted by Crippen LogP contribution is -2.53. The maximum absolute atomic E-state index is 13.1. The lowest BCUT2D eigenvalue weighted by molar-refractivity contribution is -0.142. The zero-order chi connectivity index (χ0) is 23.3. The summed E-state index contributed by atoms with van der Waals surface area (Å²) < 4.78 is 5.78. The number of nitrogens with one attached hydrogen (secondary N) is 1. The van der Waals surface area contributed by atoms with Crippen LogP contribution in [-0.2, 0) is 16.1 Å². The summed E-state index contributed by atoms with van der Waals surface area (Å²) in [6.07, 6.45) is 0. The van der Waals surface area contributed by atoms with Crippen molar-refractivity contribution in [2.45, 2.75) is 66.6 Å². The molecule has 2 aromatic rings. The van der Waals surface area contributed by atoms with Crippen LogP contribution >= 0.6 is 11.6 Å². The minimum atomic E-state index is -0.649. The third-order valence-corrected chi connectivity index (χ3v) is 5.47. The molecule has 31 heavy (non-hydrogen) atoms. The van der Waals surface area contributed by atoms with Crippen LogP contribution in [0, 0.1) is 20.8 Å². The summed E-state index contributed by atoms with van der Waals surface area (Å²) in [4.78, 5) is 27.5. The molecule has 1 N–H and O–H groups in total. The Kier molecular flexibility index (Phi) is 8.13. The fourth-order valence-corrected chi connectivity index (χ4v) is 3.39. The van der Waals surface area contributed by atoms with Crippen LogP contribution in [0.3, 0.4) is 0 Å². The lowest BCUT2D eigenvalue weighted by Gasteiger charge is -2.31. The van der Waals surface area contributed by atoms with E-state index in [1.54, 1.807) is 11.8 Å². The Morgan fingerprint density at radius 3 is 2.26 bits per heavy atom. The standard InChI is InChI=1S/C25H33ClN2O3/c1-16-9-8-10-20(11-16)14-28(19(4)24(30)27-25(5,6)7)22(29)15-31-21-12-17(2)23(26)18(3)13-21/h8-13,19H,14-15H2,1-7H3,(H,27,30)/t19-/m0/s1. The number of aryl methyl sites for hydroxylation is 3. The van der Waals surface area contributed by atoms with Gasteiger partial charge in [-0.15, -0.1) is 0 Å². The molecule has 0 fully saturated rings. The van der Waals surface area contributed by atoms with E-state index < -0.39 is 11.6 Å². The highest BCUT2D eigenvalue weighted by molar-refractivity contribution is 6.32. The second-order valence-corrected chi connectivity index (χ2v) is 9.46. The molecule has 2 rings (SSSR count). The molecule has 2 amide bonds. The first-order valence-corrected chi connectivity index (χ1v) is 10.8. The molecule has 6 heteroatoms. The van der Waals surface area contributed by atoms with Crippen LogP contribution < -0.4 is 10.1 Å². The van der Waals surface area contributed by atoms with Gasteiger partial charge in [0.2, 0.25) is 5.91 Å². The number of carbonyl (C=O) groups is 2. The molecule has 1 atom stereocenters. The summed E-state index contributed by atoms with van der Waals surface area (Å²) in [5.74, 6) is 0.116. The third-order valence-electron chi connectivity index (χ3n) is 4.87. The van der Waals surface area contributed by atoms with Gasteiger partial charge in [-0.05, 0) is 77.3 Å². The number of benzene rings is 2. The van der Waals surface area contributed by atoms with Crippen molar-refractivity contribution in [1.29, 1.82) is 0 Å². The van der Waals surface area contributed by atoms with Crippen LogP contribution in [-0.4, -0.2) is 34.9 Å². The molecule has 0 aromatic heterocycles. The largest absolute Gasteiger partial charge is 0.484 e. The molecule has 0 spiro atoms. The van der Waals surface area contributed by atoms with Crippen LogP contribution in [0.25, 0.3) is 0 Å². The first-order chi connectivity index (χ1) is 14.4. The van der Waals surface area contributed by atoms with Crippen LogP contribution in [0.1, 0.15) is 49.9 Å². The van der Waals surface area contributed by atoms with Gasteiger partial charge in [0, 0.05) is 17.1 Å². The molecule has 0 aliphatic rings. The van der Waals surface area contributed by atoms with Crippen molar-refractivity contribution in [2.24, 2.45) is 0 Å². The maximum atomic E-state index is 13.1. The zero-order valence-electron chi connectivity index (χ0n) is 19.5. The van der Waals surface area contributed by atoms with Crippen LogP contribution in [0.2, 0.25) is 5.02 Å². The van der Waals surface area contributed by atoms with Crippen LogP contribution in [0.5, 0.6) is 5.75 Å². The van der Waals surface area contributed by atoms with Gasteiger partial charge in [0.1, 0.15) is 11.8 Å². The third kappa shape index (κ3) is 7.28. The van der Waals surface area contributed by atoms with Crippen LogP contribution in [0.4, 0.5) is 0 Å². The van der Waals surface area contributed by atoms with Gasteiger partial charge in [0.15, 0.2) is 6.61 Å². The van der Waals surface area contributed by atoms with Gasteiger partial charge in [0.25, 0.3) is 5.91 Å². The van der Waals surface area contributed by atoms with Gasteiger partial charge >= 0.3 is 0 Å². The molecule has 0 unspecified atom stereocenters. The molecule has 0 saturated carbocycles. The molecule has 0 bridgehead atoms. The molecule has 0 radical (unpaired) electrons. The van der Waals surface area contributed by atoms with Gasteiger partial charge in [-0.3, -0.25) is 9.59 Å². The average Bonchev–Trinajstić information content (AvgIpc) is 2.66. The molecule has 168 valence electrons. The van der Waals surface area contributed by atoms with E-state index in [4.69, 9.17) is 16.3 Å². The minimum absolute atomic E-state index is 0.167. The van der Waals surface area contributed by atoms with Crippen molar-refractivity contribution in [3.8, 4) is 5.75 Å². The fraction of sp³-hybridized carbons (Fsp3) is 0.440. The Labute approximate surface area is 190 Å². The smallest absolute Gasteiger partial charge is 0.261 e. The zero-order valence-corrected chi connectivity index (χ0v) is 20.3. The van der Waals surface area contributed by atoms with E-state index in [1.165, 1.54) is 0 Å². The number of ether oxygens (including phenoxy) is 1. The Hall–Kier alpha value is -2.53. The van der Waals surface area contributed by atoms with E-state index in [1.807, 2.05) is 77.9 Å². The highest BCUT2D eigenvalue weighted by Gasteiger charge is 2.28. The number of rotatable bonds is 7. The Morgan fingerprint density at radius 1 is 1.10 bits per heavy atom. The van der Waals surface area contributed by atoms with Crippen molar-refractivity contribution in [1.82, 2.24) is 10.2 Å². The molecular weight excluding hydrogens is 412 g/mol. The SMILES string of the molecule is Cc1cccc(CN(C(=O)COc2cc(C)c(Cl)c(C)c2)[C@@H](C)C(=O)NC(C)(C)C)c1. The normalized spacial score (nSPS) is 12.3. The van der Waals surface area contributed by atoms with E-state index in [0.29, 0.717) is 17.3 Å². The van der Waals surface area contributed by atoms with Gasteiger partial charge in [-0.1, -0.05) is 41.4 Å². The maximum Gasteiger partial charge on any atom is 0.261 e. The first-order valence-electron chi connectivity index (χ1n) is 10.4. The summed E-state index contributed by atoms with van der Waals surface area (Å²) in [6.45, 7) is 13.4. The number of amides is 2. The molecule has 0 saturated heterocycles. The highest BCUT2D eigenvalue weighted by Crippen LogP contribution is 2.26. The lowest BCUT2D eigenvalue weighted by atomic mass is 10.1. The molecular formula is C25H33ClN2O3. The molecule has 2 aromatic carbocycles. The molecule has 0 aliphatic heterocycles. The van der Waals surface area contributed by atoms with Crippen molar-refractivity contribution in [2.75, 3.05) is 6.61 Å². The van der Waals surface area contributed by atoms with E-state index in [2.05, 4.69) is 5.32 Å². The average molecular weight is 445 g/mol. The van der Waals surface area contributed by atoms with Gasteiger partial charge in [-0.2, -0.15) is 0 Å². The van der Waals surface area contributed by atoms with Crippen molar-refractivity contribution < 1.29 is 14.3 Å². The predicted octanol–water partition coefficient (Wildman–Crippen LogP) is 4.98. The summed E-state index contributed by atoms with van der Waals surface area (Å²) in [7, 11) is 0. The second-order valence-electron chi connectivity index (χ2n) is 9.09. The molecule has 5 nitrogen and oxygen atoms in total. The van der Waals surface area contributed by atoms with E-state index in [9.17, 15) is 9.59 Å². The van der Waals surface area contributed by atoms with Crippen LogP contribution in [0.15, 0.2) is 36.4 Å². The van der Waals surface area contributed by atoms with Gasteiger partial charge in [-0.25, -0.2) is 0 Å². The summed E-state index contributed by atoms with van der Waals surface area (Å²) in [5, 5.41) is 3.65. The number of halogens is 1. The van der Waals surface area contributed by atoms with E-state index >= 15 is 0 Å². The summed E-state index contributed by atoms with van der Waals surface area (Å²) in [5.41, 5.74) is 3.44. The first kappa shape index (κ1) is 24.7. The summed E-state index contributed by atoms with van der Waals surface area (Å²) >= 11 is 6.22. The Balaban J connectivity index is 2.21. The monoisotopic (exact) mass is 444 g/mol. The predicted molar refractivity (Wildman–Crippen MR) is 126 cm³/mol. The van der Waals surface area contributed by atoms with Crippen molar-refractivity contribution in [3.63, 3.8) is 0 Å². The minimum Gasteiger partial charge on any atom is -0.484 e. The number of nitrogens with zero attached hydrogens (tertiary/aromatic N) is 1. The number of hydrogen-bond donors (Lipinski definition) is 1.